The summed E-state index contributed by atoms with van der Waals surface area (Å²) in [7, 11) is 1.68. The quantitative estimate of drug-likeness (QED) is 0.595. The number of rotatable bonds is 2. The summed E-state index contributed by atoms with van der Waals surface area (Å²) in [6.07, 6.45) is 6.16. The van der Waals surface area contributed by atoms with Gasteiger partial charge in [-0.1, -0.05) is 6.08 Å². The predicted octanol–water partition coefficient (Wildman–Crippen LogP) is 1.02. The van der Waals surface area contributed by atoms with Gasteiger partial charge < -0.3 is 10.1 Å². The monoisotopic (exact) mass is 125 g/mol. The highest BCUT2D eigenvalue weighted by Crippen LogP contribution is 2.08. The zero-order valence-corrected chi connectivity index (χ0v) is 5.72. The summed E-state index contributed by atoms with van der Waals surface area (Å²) < 4.78 is 4.94. The van der Waals surface area contributed by atoms with Gasteiger partial charge in [0, 0.05) is 12.8 Å². The van der Waals surface area contributed by atoms with E-state index in [1.165, 1.54) is 0 Å². The lowest BCUT2D eigenvalue weighted by Crippen LogP contribution is -2.36. The van der Waals surface area contributed by atoms with Crippen molar-refractivity contribution in [2.45, 2.75) is 13.2 Å². The van der Waals surface area contributed by atoms with Gasteiger partial charge in [-0.3, -0.25) is 0 Å². The fourth-order valence-electron chi connectivity index (χ4n) is 0.731. The summed E-state index contributed by atoms with van der Waals surface area (Å²) in [6.45, 7) is 1.99. The van der Waals surface area contributed by atoms with Gasteiger partial charge in [0.1, 0.15) is 6.23 Å². The Morgan fingerprint density at radius 2 is 2.44 bits per heavy atom. The molecule has 1 N–H and O–H groups in total. The molecule has 1 aliphatic heterocycles. The average molecular weight is 125 g/mol. The van der Waals surface area contributed by atoms with Crippen LogP contribution < -0.4 is 5.32 Å². The van der Waals surface area contributed by atoms with E-state index in [4.69, 9.17) is 4.74 Å². The maximum Gasteiger partial charge on any atom is 0.148 e. The van der Waals surface area contributed by atoms with Crippen molar-refractivity contribution in [1.82, 2.24) is 5.32 Å². The Labute approximate surface area is 55.2 Å². The van der Waals surface area contributed by atoms with E-state index in [1.54, 1.807) is 7.11 Å². The molecular formula is C7H11NO. The summed E-state index contributed by atoms with van der Waals surface area (Å²) in [5.41, 5.74) is 1.14. The molecule has 0 aliphatic carbocycles. The number of allylic oxidation sites excluding steroid dienone is 2. The molecule has 1 heterocycles. The maximum absolute atomic E-state index is 4.94. The van der Waals surface area contributed by atoms with Gasteiger partial charge in [-0.05, 0) is 19.1 Å². The largest absolute Gasteiger partial charge is 0.358 e. The zero-order valence-electron chi connectivity index (χ0n) is 5.72. The second-order valence-corrected chi connectivity index (χ2v) is 1.92. The van der Waals surface area contributed by atoms with E-state index in [-0.39, 0.29) is 6.23 Å². The van der Waals surface area contributed by atoms with Crippen molar-refractivity contribution in [1.29, 1.82) is 0 Å². The van der Waals surface area contributed by atoms with Gasteiger partial charge in [-0.2, -0.15) is 0 Å². The fourth-order valence-corrected chi connectivity index (χ4v) is 0.731. The van der Waals surface area contributed by atoms with Crippen molar-refractivity contribution in [3.8, 4) is 0 Å². The van der Waals surface area contributed by atoms with Crippen LogP contribution in [-0.2, 0) is 4.74 Å². The van der Waals surface area contributed by atoms with Gasteiger partial charge in [-0.15, -0.1) is 0 Å². The molecule has 0 radical (unpaired) electrons. The highest BCUT2D eigenvalue weighted by atomic mass is 16.5. The molecule has 0 saturated heterocycles. The van der Waals surface area contributed by atoms with Crippen molar-refractivity contribution < 1.29 is 4.74 Å². The minimum Gasteiger partial charge on any atom is -0.358 e. The van der Waals surface area contributed by atoms with Gasteiger partial charge in [0.2, 0.25) is 0 Å². The minimum atomic E-state index is 0.135. The second-order valence-electron chi connectivity index (χ2n) is 1.92. The van der Waals surface area contributed by atoms with E-state index >= 15 is 0 Å². The van der Waals surface area contributed by atoms with Crippen LogP contribution in [0.25, 0.3) is 0 Å². The van der Waals surface area contributed by atoms with E-state index < -0.39 is 0 Å². The van der Waals surface area contributed by atoms with Crippen molar-refractivity contribution in [2.24, 2.45) is 0 Å². The first kappa shape index (κ1) is 6.36. The van der Waals surface area contributed by atoms with E-state index in [2.05, 4.69) is 5.32 Å². The van der Waals surface area contributed by atoms with E-state index in [1.807, 2.05) is 25.2 Å². The van der Waals surface area contributed by atoms with E-state index in [0.717, 1.165) is 5.70 Å². The first-order valence-corrected chi connectivity index (χ1v) is 3.00. The molecule has 0 bridgehead atoms. The molecule has 0 aromatic rings. The Morgan fingerprint density at radius 1 is 1.78 bits per heavy atom. The molecule has 50 valence electrons. The van der Waals surface area contributed by atoms with Crippen LogP contribution in [0.2, 0.25) is 0 Å². The third kappa shape index (κ3) is 1.33. The SMILES string of the molecule is C/C=C\C1=C[C@@H](OC)N1. The van der Waals surface area contributed by atoms with Crippen molar-refractivity contribution in [3.05, 3.63) is 23.9 Å². The standard InChI is InChI=1S/C7H11NO/c1-3-4-6-5-7(8-6)9-2/h3-5,7-8H,1-2H3/b4-3-/t7-/m1/s1. The second kappa shape index (κ2) is 2.69. The van der Waals surface area contributed by atoms with Gasteiger partial charge in [0.05, 0.1) is 0 Å². The summed E-state index contributed by atoms with van der Waals surface area (Å²) in [5, 5.41) is 3.08. The lowest BCUT2D eigenvalue weighted by Gasteiger charge is -2.24. The lowest BCUT2D eigenvalue weighted by molar-refractivity contribution is 0.105. The fraction of sp³-hybridized carbons (Fsp3) is 0.429. The summed E-state index contributed by atoms with van der Waals surface area (Å²) in [5.74, 6) is 0. The van der Waals surface area contributed by atoms with Crippen LogP contribution in [0.3, 0.4) is 0 Å². The summed E-state index contributed by atoms with van der Waals surface area (Å²) in [4.78, 5) is 0. The number of nitrogens with one attached hydrogen (secondary N) is 1. The highest BCUT2D eigenvalue weighted by molar-refractivity contribution is 5.25. The molecule has 0 fully saturated rings. The third-order valence-electron chi connectivity index (χ3n) is 1.24. The Hall–Kier alpha value is -0.760. The van der Waals surface area contributed by atoms with Crippen molar-refractivity contribution in [2.75, 3.05) is 7.11 Å². The number of hydrogen-bond donors (Lipinski definition) is 1. The zero-order chi connectivity index (χ0) is 6.69. The lowest BCUT2D eigenvalue weighted by atomic mass is 10.2. The van der Waals surface area contributed by atoms with E-state index in [9.17, 15) is 0 Å². The van der Waals surface area contributed by atoms with Crippen molar-refractivity contribution in [3.63, 3.8) is 0 Å². The van der Waals surface area contributed by atoms with Gasteiger partial charge in [-0.25, -0.2) is 0 Å². The Kier molecular flexibility index (Phi) is 1.90. The highest BCUT2D eigenvalue weighted by Gasteiger charge is 2.12. The molecule has 1 aliphatic rings. The first-order chi connectivity index (χ1) is 4.36. The topological polar surface area (TPSA) is 21.3 Å². The maximum atomic E-state index is 4.94. The normalized spacial score (nSPS) is 25.1. The molecule has 2 nitrogen and oxygen atoms in total. The third-order valence-corrected chi connectivity index (χ3v) is 1.24. The smallest absolute Gasteiger partial charge is 0.148 e. The van der Waals surface area contributed by atoms with Crippen LogP contribution in [-0.4, -0.2) is 13.3 Å². The molecule has 2 heteroatoms. The molecule has 1 atom stereocenters. The number of methoxy groups -OCH3 is 1. The van der Waals surface area contributed by atoms with Gasteiger partial charge >= 0.3 is 0 Å². The Balaban J connectivity index is 2.35. The molecule has 0 saturated carbocycles. The van der Waals surface area contributed by atoms with Crippen LogP contribution in [0.5, 0.6) is 0 Å². The van der Waals surface area contributed by atoms with Gasteiger partial charge in [0.25, 0.3) is 0 Å². The minimum absolute atomic E-state index is 0.135. The Morgan fingerprint density at radius 3 is 2.89 bits per heavy atom. The first-order valence-electron chi connectivity index (χ1n) is 3.00. The Bertz CT molecular complexity index is 149. The summed E-state index contributed by atoms with van der Waals surface area (Å²) in [6, 6.07) is 0. The molecule has 1 rings (SSSR count). The molecule has 9 heavy (non-hydrogen) atoms. The van der Waals surface area contributed by atoms with E-state index in [0.29, 0.717) is 0 Å². The number of hydrogen-bond acceptors (Lipinski definition) is 2. The molecule has 0 amide bonds. The van der Waals surface area contributed by atoms with Crippen molar-refractivity contribution >= 4 is 0 Å². The van der Waals surface area contributed by atoms with Crippen LogP contribution in [0.1, 0.15) is 6.92 Å². The molecule has 0 unspecified atom stereocenters. The average Bonchev–Trinajstić information content (AvgIpc) is 1.77. The summed E-state index contributed by atoms with van der Waals surface area (Å²) >= 11 is 0. The van der Waals surface area contributed by atoms with Crippen LogP contribution >= 0.6 is 0 Å². The van der Waals surface area contributed by atoms with Crippen LogP contribution in [0.15, 0.2) is 23.9 Å². The molecular weight excluding hydrogens is 114 g/mol. The number of ether oxygens (including phenoxy) is 1. The molecule has 0 aromatic carbocycles. The predicted molar refractivity (Wildman–Crippen MR) is 36.8 cm³/mol. The van der Waals surface area contributed by atoms with Crippen LogP contribution in [0.4, 0.5) is 0 Å². The van der Waals surface area contributed by atoms with Crippen LogP contribution in [0, 0.1) is 0 Å². The molecule has 0 aromatic heterocycles. The van der Waals surface area contributed by atoms with Gasteiger partial charge in [0.15, 0.2) is 0 Å². The molecule has 0 spiro atoms.